The predicted molar refractivity (Wildman–Crippen MR) is 361 cm³/mol. The van der Waals surface area contributed by atoms with Gasteiger partial charge in [0.1, 0.15) is 0 Å². The van der Waals surface area contributed by atoms with E-state index in [0.29, 0.717) is 0 Å². The minimum absolute atomic E-state index is 1.20. The highest BCUT2D eigenvalue weighted by molar-refractivity contribution is 7.25. The summed E-state index contributed by atoms with van der Waals surface area (Å²) in [6, 6.07) is 56.5. The fourth-order valence-corrected chi connectivity index (χ4v) is 20.0. The molecule has 0 nitrogen and oxygen atoms in total. The van der Waals surface area contributed by atoms with Crippen LogP contribution in [0.15, 0.2) is 146 Å². The largest absolute Gasteiger partial charge is 0.140 e. The SMILES string of the molecule is CCCCCc1cc2c(ccc3sc(-c4ccc(-c5cc6c(ccc7sc(CCCCC)cc76)s5)cc4)cc32)s1.CCCCc1cc2c(ccc3sc(-c4ccc(-c5cc6c(ccc7sc(CCCC)cc76)s5)cc4)cc32)s1. The summed E-state index contributed by atoms with van der Waals surface area (Å²) < 4.78 is 11.3. The van der Waals surface area contributed by atoms with E-state index in [1.54, 1.807) is 0 Å². The van der Waals surface area contributed by atoms with Gasteiger partial charge in [0.2, 0.25) is 0 Å². The number of fused-ring (bicyclic) bond motifs is 12. The van der Waals surface area contributed by atoms with Gasteiger partial charge in [-0.15, -0.1) is 90.7 Å². The Morgan fingerprint density at radius 3 is 0.654 bits per heavy atom. The van der Waals surface area contributed by atoms with Crippen LogP contribution < -0.4 is 0 Å². The van der Waals surface area contributed by atoms with E-state index in [4.69, 9.17) is 0 Å². The van der Waals surface area contributed by atoms with Crippen molar-refractivity contribution in [1.82, 2.24) is 0 Å². The van der Waals surface area contributed by atoms with Crippen LogP contribution in [0.3, 0.4) is 0 Å². The van der Waals surface area contributed by atoms with Crippen LogP contribution in [0.1, 0.15) is 111 Å². The third kappa shape index (κ3) is 10.6. The van der Waals surface area contributed by atoms with Crippen molar-refractivity contribution in [3.63, 3.8) is 0 Å². The molecule has 0 amide bonds. The minimum atomic E-state index is 1.20. The summed E-state index contributed by atoms with van der Waals surface area (Å²) in [6.45, 7) is 9.11. The number of aryl methyl sites for hydroxylation is 4. The molecule has 0 N–H and O–H groups in total. The zero-order chi connectivity index (χ0) is 52.7. The molecule has 14 aromatic rings. The molecule has 0 fully saturated rings. The van der Waals surface area contributed by atoms with Crippen LogP contribution in [-0.2, 0) is 25.7 Å². The fourth-order valence-electron chi connectivity index (χ4n) is 11.2. The average molecular weight is 1160 g/mol. The molecule has 6 aromatic carbocycles. The summed E-state index contributed by atoms with van der Waals surface area (Å²) in [5, 5.41) is 11.4. The summed E-state index contributed by atoms with van der Waals surface area (Å²) in [5.74, 6) is 0. The van der Waals surface area contributed by atoms with Crippen molar-refractivity contribution >= 4 is 171 Å². The Balaban J connectivity index is 0.000000149. The normalized spacial score (nSPS) is 12.1. The highest BCUT2D eigenvalue weighted by atomic mass is 32.1. The van der Waals surface area contributed by atoms with Crippen molar-refractivity contribution in [2.45, 2.75) is 118 Å². The summed E-state index contributed by atoms with van der Waals surface area (Å²) >= 11 is 15.6. The molecule has 0 radical (unpaired) electrons. The van der Waals surface area contributed by atoms with Gasteiger partial charge in [0.25, 0.3) is 0 Å². The standard InChI is InChI=1S/C36H34S4.C34H30S4/c1-3-5-7-9-25-19-27-29-21-35(39-33(29)17-15-31(27)37-25)23-11-13-24(14-12-23)36-22-30-28-20-26(10-8-6-4-2)38-32(28)16-18-34(30)40-36;1-3-5-7-23-17-25-27-19-33(37-31(27)15-13-29(25)35-23)21-9-11-22(12-10-21)34-20-28-26-18-24(8-6-4-2)36-30(26)14-16-32(28)38-34/h11-22H,3-10H2,1-2H3;9-20H,3-8H2,1-2H3. The maximum Gasteiger partial charge on any atom is 0.0356 e. The quantitative estimate of drug-likeness (QED) is 0.0751. The first-order chi connectivity index (χ1) is 38.4. The van der Waals surface area contributed by atoms with Gasteiger partial charge in [-0.05, 0) is 171 Å². The van der Waals surface area contributed by atoms with E-state index in [1.165, 1.54) is 232 Å². The van der Waals surface area contributed by atoms with Crippen molar-refractivity contribution in [3.05, 3.63) is 165 Å². The second kappa shape index (κ2) is 23.2. The van der Waals surface area contributed by atoms with E-state index < -0.39 is 0 Å². The number of hydrogen-bond donors (Lipinski definition) is 0. The molecule has 0 bridgehead atoms. The Labute approximate surface area is 491 Å². The minimum Gasteiger partial charge on any atom is -0.140 e. The van der Waals surface area contributed by atoms with Crippen LogP contribution in [0.25, 0.3) is 122 Å². The molecule has 0 spiro atoms. The molecule has 0 atom stereocenters. The summed E-state index contributed by atoms with van der Waals surface area (Å²) in [4.78, 5) is 11.5. The molecule has 0 saturated carbocycles. The smallest absolute Gasteiger partial charge is 0.0356 e. The lowest BCUT2D eigenvalue weighted by Gasteiger charge is -2.00. The molecular weight excluding hydrogens is 1100 g/mol. The number of rotatable bonds is 18. The topological polar surface area (TPSA) is 0 Å². The third-order valence-corrected chi connectivity index (χ3v) is 24.7. The Kier molecular flexibility index (Phi) is 15.6. The molecule has 0 aliphatic carbocycles. The molecular formula is C70H64S8. The first-order valence-corrected chi connectivity index (χ1v) is 34.9. The summed E-state index contributed by atoms with van der Waals surface area (Å²) in [7, 11) is 0. The van der Waals surface area contributed by atoms with Crippen LogP contribution in [0, 0.1) is 0 Å². The zero-order valence-corrected chi connectivity index (χ0v) is 51.6. The first kappa shape index (κ1) is 52.4. The van der Waals surface area contributed by atoms with Gasteiger partial charge in [0.15, 0.2) is 0 Å². The molecule has 8 aromatic heterocycles. The van der Waals surface area contributed by atoms with Crippen LogP contribution in [0.2, 0.25) is 0 Å². The molecule has 14 rings (SSSR count). The molecule has 0 unspecified atom stereocenters. The maximum atomic E-state index is 2.46. The Hall–Kier alpha value is -5.00. The van der Waals surface area contributed by atoms with Gasteiger partial charge in [-0.3, -0.25) is 0 Å². The number of thiophene rings is 8. The summed E-state index contributed by atoms with van der Waals surface area (Å²) in [6.07, 6.45) is 17.7. The van der Waals surface area contributed by atoms with Gasteiger partial charge < -0.3 is 0 Å². The zero-order valence-electron chi connectivity index (χ0n) is 45.0. The number of unbranched alkanes of at least 4 members (excludes halogenated alkanes) is 6. The lowest BCUT2D eigenvalue weighted by molar-refractivity contribution is 0.723. The van der Waals surface area contributed by atoms with E-state index in [1.807, 2.05) is 90.7 Å². The second-order valence-electron chi connectivity index (χ2n) is 21.1. The van der Waals surface area contributed by atoms with E-state index in [2.05, 4.69) is 173 Å². The molecule has 8 heterocycles. The van der Waals surface area contributed by atoms with Gasteiger partial charge in [-0.2, -0.15) is 0 Å². The number of hydrogen-bond acceptors (Lipinski definition) is 8. The van der Waals surface area contributed by atoms with E-state index in [-0.39, 0.29) is 0 Å². The van der Waals surface area contributed by atoms with E-state index >= 15 is 0 Å². The first-order valence-electron chi connectivity index (χ1n) is 28.4. The molecule has 78 heavy (non-hydrogen) atoms. The van der Waals surface area contributed by atoms with Gasteiger partial charge in [-0.1, -0.05) is 115 Å². The maximum absolute atomic E-state index is 2.46. The Bertz CT molecular complexity index is 4090. The lowest BCUT2D eigenvalue weighted by atomic mass is 10.1. The Morgan fingerprint density at radius 2 is 0.423 bits per heavy atom. The predicted octanol–water partition coefficient (Wildman–Crippen LogP) is 25.9. The molecule has 0 aliphatic rings. The third-order valence-electron chi connectivity index (χ3n) is 15.5. The monoisotopic (exact) mass is 1160 g/mol. The molecule has 8 heteroatoms. The highest BCUT2D eigenvalue weighted by Crippen LogP contribution is 2.46. The highest BCUT2D eigenvalue weighted by Gasteiger charge is 2.16. The van der Waals surface area contributed by atoms with Crippen molar-refractivity contribution < 1.29 is 0 Å². The van der Waals surface area contributed by atoms with Crippen molar-refractivity contribution in [2.24, 2.45) is 0 Å². The van der Waals surface area contributed by atoms with Crippen LogP contribution in [-0.4, -0.2) is 0 Å². The number of benzene rings is 6. The van der Waals surface area contributed by atoms with Crippen molar-refractivity contribution in [1.29, 1.82) is 0 Å². The van der Waals surface area contributed by atoms with Crippen molar-refractivity contribution in [2.75, 3.05) is 0 Å². The van der Waals surface area contributed by atoms with Crippen molar-refractivity contribution in [3.8, 4) is 41.8 Å². The van der Waals surface area contributed by atoms with Crippen LogP contribution >= 0.6 is 90.7 Å². The van der Waals surface area contributed by atoms with E-state index in [9.17, 15) is 0 Å². The summed E-state index contributed by atoms with van der Waals surface area (Å²) in [5.41, 5.74) is 5.25. The van der Waals surface area contributed by atoms with Gasteiger partial charge >= 0.3 is 0 Å². The average Bonchev–Trinajstić information content (AvgIpc) is 4.39. The van der Waals surface area contributed by atoms with E-state index in [0.717, 1.165) is 0 Å². The van der Waals surface area contributed by atoms with Crippen LogP contribution in [0.5, 0.6) is 0 Å². The van der Waals surface area contributed by atoms with Gasteiger partial charge in [0, 0.05) is 120 Å². The molecule has 392 valence electrons. The fraction of sp³-hybridized carbons (Fsp3) is 0.257. The lowest BCUT2D eigenvalue weighted by Crippen LogP contribution is -1.78. The molecule has 0 aliphatic heterocycles. The van der Waals surface area contributed by atoms with Crippen LogP contribution in [0.4, 0.5) is 0 Å². The Morgan fingerprint density at radius 1 is 0.218 bits per heavy atom. The van der Waals surface area contributed by atoms with Gasteiger partial charge in [-0.25, -0.2) is 0 Å². The van der Waals surface area contributed by atoms with Gasteiger partial charge in [0.05, 0.1) is 0 Å². The molecule has 0 saturated heterocycles. The second-order valence-corrected chi connectivity index (χ2v) is 30.1.